The van der Waals surface area contributed by atoms with Crippen molar-refractivity contribution in [2.75, 3.05) is 6.54 Å². The molecule has 4 nitrogen and oxygen atoms in total. The molecule has 66 valence electrons. The van der Waals surface area contributed by atoms with Crippen molar-refractivity contribution in [1.29, 1.82) is 0 Å². The molecule has 1 heterocycles. The quantitative estimate of drug-likeness (QED) is 0.672. The third-order valence-corrected chi connectivity index (χ3v) is 1.77. The Morgan fingerprint density at radius 2 is 2.42 bits per heavy atom. The van der Waals surface area contributed by atoms with Crippen molar-refractivity contribution in [3.63, 3.8) is 0 Å². The van der Waals surface area contributed by atoms with Crippen LogP contribution in [0.15, 0.2) is 24.4 Å². The van der Waals surface area contributed by atoms with Crippen LogP contribution >= 0.6 is 0 Å². The minimum absolute atomic E-state index is 0.396. The minimum atomic E-state index is -2.17. The zero-order chi connectivity index (χ0) is 8.81. The first-order chi connectivity index (χ1) is 5.79. The Morgan fingerprint density at radius 1 is 1.58 bits per heavy atom. The van der Waals surface area contributed by atoms with Gasteiger partial charge in [0.1, 0.15) is 0 Å². The van der Waals surface area contributed by atoms with Crippen LogP contribution in [-0.4, -0.2) is 20.3 Å². The second-order valence-electron chi connectivity index (χ2n) is 2.20. The van der Waals surface area contributed by atoms with Gasteiger partial charge in [0.2, 0.25) is 0 Å². The van der Waals surface area contributed by atoms with Crippen LogP contribution in [0.4, 0.5) is 0 Å². The van der Waals surface area contributed by atoms with E-state index in [-0.39, 0.29) is 0 Å². The molecule has 0 aliphatic carbocycles. The summed E-state index contributed by atoms with van der Waals surface area (Å²) in [5, 5.41) is 0. The Morgan fingerprint density at radius 3 is 3.00 bits per heavy atom. The highest BCUT2D eigenvalue weighted by atomic mass is 32.2. The van der Waals surface area contributed by atoms with E-state index in [2.05, 4.69) is 9.71 Å². The normalized spacial score (nSPS) is 12.8. The van der Waals surface area contributed by atoms with Crippen LogP contribution in [0.1, 0.15) is 5.69 Å². The van der Waals surface area contributed by atoms with Gasteiger partial charge >= 0.3 is 0 Å². The summed E-state index contributed by atoms with van der Waals surface area (Å²) in [6.07, 6.45) is 2.30. The lowest BCUT2D eigenvalue weighted by molar-refractivity contribution is 0.523. The Hall–Kier alpha value is -0.780. The summed E-state index contributed by atoms with van der Waals surface area (Å²) >= 11 is -2.17. The summed E-state index contributed by atoms with van der Waals surface area (Å²) in [6, 6.07) is 5.55. The zero-order valence-corrected chi connectivity index (χ0v) is 7.21. The first-order valence-corrected chi connectivity index (χ1v) is 4.59. The predicted octanol–water partition coefficient (Wildman–Crippen LogP) is 0.00780. The van der Waals surface area contributed by atoms with Crippen molar-refractivity contribution < 1.29 is 8.76 Å². The van der Waals surface area contributed by atoms with Crippen molar-refractivity contribution in [2.45, 2.75) is 6.42 Å². The Balaban J connectivity index is 2.29. The Bertz CT molecular complexity index is 253. The highest BCUT2D eigenvalue weighted by Crippen LogP contribution is 1.92. The summed E-state index contributed by atoms with van der Waals surface area (Å²) in [4.78, 5) is 4.03. The van der Waals surface area contributed by atoms with Gasteiger partial charge in [0.05, 0.1) is 0 Å². The van der Waals surface area contributed by atoms with Crippen LogP contribution in [0.5, 0.6) is 0 Å². The number of hydrogen-bond donors (Lipinski definition) is 1. The van der Waals surface area contributed by atoms with E-state index in [1.165, 1.54) is 0 Å². The van der Waals surface area contributed by atoms with Gasteiger partial charge in [-0.05, 0) is 12.1 Å². The summed E-state index contributed by atoms with van der Waals surface area (Å²) < 4.78 is 22.4. The van der Waals surface area contributed by atoms with Crippen molar-refractivity contribution in [3.8, 4) is 0 Å². The minimum Gasteiger partial charge on any atom is -0.760 e. The lowest BCUT2D eigenvalue weighted by Crippen LogP contribution is -2.19. The van der Waals surface area contributed by atoms with Crippen LogP contribution < -0.4 is 4.72 Å². The van der Waals surface area contributed by atoms with Crippen LogP contribution in [-0.2, 0) is 17.7 Å². The molecule has 12 heavy (non-hydrogen) atoms. The lowest BCUT2D eigenvalue weighted by Gasteiger charge is -2.05. The van der Waals surface area contributed by atoms with Crippen LogP contribution in [0, 0.1) is 0 Å². The third-order valence-electron chi connectivity index (χ3n) is 1.33. The molecule has 0 radical (unpaired) electrons. The molecule has 0 fully saturated rings. The summed E-state index contributed by atoms with van der Waals surface area (Å²) in [6.45, 7) is 0.396. The zero-order valence-electron chi connectivity index (χ0n) is 6.40. The number of aromatic nitrogens is 1. The second-order valence-corrected chi connectivity index (χ2v) is 2.96. The molecule has 1 aromatic rings. The summed E-state index contributed by atoms with van der Waals surface area (Å²) in [7, 11) is 0. The van der Waals surface area contributed by atoms with Gasteiger partial charge in [-0.15, -0.1) is 0 Å². The molecule has 0 saturated carbocycles. The standard InChI is InChI=1S/C7H10N2O2S/c10-12(11)9-6-4-7-3-1-2-5-8-7/h1-3,5,9H,4,6H2,(H,10,11)/p-1. The third kappa shape index (κ3) is 3.56. The van der Waals surface area contributed by atoms with E-state index in [0.29, 0.717) is 13.0 Å². The fraction of sp³-hybridized carbons (Fsp3) is 0.286. The fourth-order valence-electron chi connectivity index (χ4n) is 0.808. The molecule has 0 aromatic carbocycles. The molecule has 0 aliphatic rings. The van der Waals surface area contributed by atoms with Gasteiger partial charge in [-0.2, -0.15) is 0 Å². The SMILES string of the molecule is O=S([O-])NCCc1ccccn1. The number of rotatable bonds is 4. The highest BCUT2D eigenvalue weighted by Gasteiger charge is 1.91. The van der Waals surface area contributed by atoms with Crippen LogP contribution in [0.25, 0.3) is 0 Å². The average Bonchev–Trinajstić information content (AvgIpc) is 2.05. The van der Waals surface area contributed by atoms with Crippen molar-refractivity contribution >= 4 is 11.3 Å². The van der Waals surface area contributed by atoms with Crippen LogP contribution in [0.2, 0.25) is 0 Å². The molecule has 0 aliphatic heterocycles. The number of nitrogens with zero attached hydrogens (tertiary/aromatic N) is 1. The lowest BCUT2D eigenvalue weighted by atomic mass is 10.3. The van der Waals surface area contributed by atoms with Gasteiger partial charge in [0.25, 0.3) is 0 Å². The molecule has 1 rings (SSSR count). The van der Waals surface area contributed by atoms with E-state index in [1.807, 2.05) is 18.2 Å². The van der Waals surface area contributed by atoms with Crippen molar-refractivity contribution in [2.24, 2.45) is 0 Å². The molecule has 1 unspecified atom stereocenters. The van der Waals surface area contributed by atoms with Crippen molar-refractivity contribution in [3.05, 3.63) is 30.1 Å². The molecule has 0 spiro atoms. The average molecular weight is 185 g/mol. The number of nitrogens with one attached hydrogen (secondary N) is 1. The van der Waals surface area contributed by atoms with Crippen molar-refractivity contribution in [1.82, 2.24) is 9.71 Å². The molecule has 5 heteroatoms. The molecule has 0 bridgehead atoms. The second kappa shape index (κ2) is 4.97. The van der Waals surface area contributed by atoms with Gasteiger partial charge in [0.15, 0.2) is 0 Å². The molecule has 1 atom stereocenters. The molecule has 1 aromatic heterocycles. The predicted molar refractivity (Wildman–Crippen MR) is 44.9 cm³/mol. The van der Waals surface area contributed by atoms with E-state index in [0.717, 1.165) is 5.69 Å². The van der Waals surface area contributed by atoms with Gasteiger partial charge in [-0.25, -0.2) is 4.72 Å². The van der Waals surface area contributed by atoms with E-state index in [1.54, 1.807) is 6.20 Å². The van der Waals surface area contributed by atoms with E-state index in [4.69, 9.17) is 0 Å². The Labute approximate surface area is 73.4 Å². The molecule has 0 saturated heterocycles. The first-order valence-electron chi connectivity index (χ1n) is 3.52. The Kier molecular flexibility index (Phi) is 3.86. The maximum atomic E-state index is 10.1. The monoisotopic (exact) mass is 185 g/mol. The summed E-state index contributed by atoms with van der Waals surface area (Å²) in [5.74, 6) is 0. The van der Waals surface area contributed by atoms with E-state index < -0.39 is 11.3 Å². The maximum Gasteiger partial charge on any atom is 0.0416 e. The fourth-order valence-corrected chi connectivity index (χ4v) is 1.08. The topological polar surface area (TPSA) is 65.0 Å². The van der Waals surface area contributed by atoms with E-state index >= 15 is 0 Å². The largest absolute Gasteiger partial charge is 0.760 e. The molecule has 0 amide bonds. The van der Waals surface area contributed by atoms with Crippen LogP contribution in [0.3, 0.4) is 0 Å². The molecule has 1 N–H and O–H groups in total. The van der Waals surface area contributed by atoms with Gasteiger partial charge in [-0.1, -0.05) is 6.07 Å². The maximum absolute atomic E-state index is 10.1. The number of pyridine rings is 1. The summed E-state index contributed by atoms with van der Waals surface area (Å²) in [5.41, 5.74) is 0.885. The smallest absolute Gasteiger partial charge is 0.0416 e. The van der Waals surface area contributed by atoms with Gasteiger partial charge in [0, 0.05) is 36.1 Å². The first kappa shape index (κ1) is 9.31. The highest BCUT2D eigenvalue weighted by molar-refractivity contribution is 7.77. The molecular formula is C7H9N2O2S-. The van der Waals surface area contributed by atoms with Gasteiger partial charge in [-0.3, -0.25) is 9.19 Å². The molecular weight excluding hydrogens is 176 g/mol. The van der Waals surface area contributed by atoms with Gasteiger partial charge < -0.3 is 4.55 Å². The number of hydrogen-bond acceptors (Lipinski definition) is 3. The van der Waals surface area contributed by atoms with E-state index in [9.17, 15) is 8.76 Å².